The van der Waals surface area contributed by atoms with Crippen molar-refractivity contribution in [2.75, 3.05) is 5.84 Å². The van der Waals surface area contributed by atoms with Gasteiger partial charge in [0, 0.05) is 0 Å². The molecule has 0 bridgehead atoms. The van der Waals surface area contributed by atoms with E-state index in [1.807, 2.05) is 0 Å². The number of rotatable bonds is 1. The van der Waals surface area contributed by atoms with Crippen LogP contribution in [0.1, 0.15) is 28.7 Å². The fourth-order valence-electron chi connectivity index (χ4n) is 1.24. The summed E-state index contributed by atoms with van der Waals surface area (Å²) in [5.74, 6) is 4.30. The molecule has 1 heterocycles. The van der Waals surface area contributed by atoms with Crippen molar-refractivity contribution in [2.24, 2.45) is 0 Å². The zero-order valence-corrected chi connectivity index (χ0v) is 7.51. The van der Waals surface area contributed by atoms with Gasteiger partial charge in [-0.25, -0.2) is 0 Å². The Hall–Kier alpha value is -1.53. The van der Waals surface area contributed by atoms with E-state index in [0.717, 1.165) is 6.92 Å². The summed E-state index contributed by atoms with van der Waals surface area (Å²) < 4.78 is 37.2. The van der Waals surface area contributed by atoms with Crippen LogP contribution in [0.2, 0.25) is 0 Å². The molecule has 0 aliphatic rings. The third-order valence-electron chi connectivity index (χ3n) is 1.71. The molecule has 1 aromatic rings. The minimum Gasteiger partial charge on any atom is -0.323 e. The highest BCUT2D eigenvalue weighted by atomic mass is 19.4. The molecule has 7 heteroatoms. The summed E-state index contributed by atoms with van der Waals surface area (Å²) in [6.45, 7) is 2.34. The fourth-order valence-corrected chi connectivity index (χ4v) is 1.24. The first-order valence-electron chi connectivity index (χ1n) is 3.68. The maximum absolute atomic E-state index is 12.4. The molecule has 0 spiro atoms. The predicted octanol–water partition coefficient (Wildman–Crippen LogP) is 1.13. The molecule has 0 saturated carbocycles. The second-order valence-electron chi connectivity index (χ2n) is 2.81. The Morgan fingerprint density at radius 3 is 2.29 bits per heavy atom. The molecule has 0 saturated heterocycles. The van der Waals surface area contributed by atoms with Gasteiger partial charge in [-0.2, -0.15) is 23.1 Å². The van der Waals surface area contributed by atoms with Crippen LogP contribution in [-0.2, 0) is 6.18 Å². The minimum absolute atomic E-state index is 0.0210. The fraction of sp³-hybridized carbons (Fsp3) is 0.429. The zero-order chi connectivity index (χ0) is 11.1. The molecule has 4 nitrogen and oxygen atoms in total. The van der Waals surface area contributed by atoms with Crippen molar-refractivity contribution in [3.05, 3.63) is 17.0 Å². The number of Topliss-reactive ketones (excluding diaryl/α,β-unsaturated/α-hetero) is 1. The van der Waals surface area contributed by atoms with Crippen LogP contribution in [0.15, 0.2) is 0 Å². The molecule has 0 unspecified atom stereocenters. The van der Waals surface area contributed by atoms with Crippen molar-refractivity contribution in [3.8, 4) is 0 Å². The van der Waals surface area contributed by atoms with Crippen molar-refractivity contribution in [3.63, 3.8) is 0 Å². The van der Waals surface area contributed by atoms with E-state index in [2.05, 4.69) is 5.10 Å². The summed E-state index contributed by atoms with van der Waals surface area (Å²) in [6.07, 6.45) is -4.67. The maximum Gasteiger partial charge on any atom is 0.435 e. The maximum atomic E-state index is 12.4. The number of ketones is 1. The van der Waals surface area contributed by atoms with Crippen molar-refractivity contribution in [1.82, 2.24) is 9.89 Å². The Morgan fingerprint density at radius 1 is 1.50 bits per heavy atom. The third kappa shape index (κ3) is 1.57. The van der Waals surface area contributed by atoms with Crippen LogP contribution in [0.5, 0.6) is 0 Å². The number of hydrogen-bond acceptors (Lipinski definition) is 3. The number of nitrogens with zero attached hydrogens (tertiary/aromatic N) is 2. The second kappa shape index (κ2) is 3.00. The van der Waals surface area contributed by atoms with E-state index in [0.29, 0.717) is 0 Å². The quantitative estimate of drug-likeness (QED) is 0.554. The molecule has 2 N–H and O–H groups in total. The van der Waals surface area contributed by atoms with Crippen molar-refractivity contribution >= 4 is 5.78 Å². The molecule has 0 amide bonds. The van der Waals surface area contributed by atoms with Crippen LogP contribution in [0, 0.1) is 6.92 Å². The van der Waals surface area contributed by atoms with Gasteiger partial charge in [-0.3, -0.25) is 4.79 Å². The average Bonchev–Trinajstić information content (AvgIpc) is 2.23. The Morgan fingerprint density at radius 2 is 2.00 bits per heavy atom. The van der Waals surface area contributed by atoms with Crippen LogP contribution < -0.4 is 5.84 Å². The lowest BCUT2D eigenvalue weighted by molar-refractivity contribution is -0.143. The van der Waals surface area contributed by atoms with Gasteiger partial charge in [0.2, 0.25) is 0 Å². The summed E-state index contributed by atoms with van der Waals surface area (Å²) in [5, 5.41) is 3.35. The molecular formula is C7H8F3N3O. The van der Waals surface area contributed by atoms with Crippen LogP contribution in [-0.4, -0.2) is 15.7 Å². The number of carbonyl (C=O) groups is 1. The van der Waals surface area contributed by atoms with Gasteiger partial charge in [0.05, 0.1) is 11.3 Å². The highest BCUT2D eigenvalue weighted by Gasteiger charge is 2.40. The molecular weight excluding hydrogens is 199 g/mol. The lowest BCUT2D eigenvalue weighted by atomic mass is 10.1. The molecule has 14 heavy (non-hydrogen) atoms. The summed E-state index contributed by atoms with van der Waals surface area (Å²) >= 11 is 0. The summed E-state index contributed by atoms with van der Waals surface area (Å²) in [6, 6.07) is 0. The number of aromatic nitrogens is 2. The van der Waals surface area contributed by atoms with Crippen LogP contribution in [0.25, 0.3) is 0 Å². The lowest BCUT2D eigenvalue weighted by Crippen LogP contribution is -2.22. The van der Waals surface area contributed by atoms with Gasteiger partial charge >= 0.3 is 6.18 Å². The summed E-state index contributed by atoms with van der Waals surface area (Å²) in [4.78, 5) is 11.1. The van der Waals surface area contributed by atoms with Gasteiger partial charge < -0.3 is 5.84 Å². The van der Waals surface area contributed by atoms with E-state index in [-0.39, 0.29) is 10.5 Å². The molecule has 0 aliphatic heterocycles. The molecule has 0 fully saturated rings. The van der Waals surface area contributed by atoms with E-state index < -0.39 is 23.2 Å². The first kappa shape index (κ1) is 10.6. The first-order valence-corrected chi connectivity index (χ1v) is 3.68. The smallest absolute Gasteiger partial charge is 0.323 e. The first-order chi connectivity index (χ1) is 6.25. The molecule has 1 rings (SSSR count). The topological polar surface area (TPSA) is 60.9 Å². The van der Waals surface area contributed by atoms with Gasteiger partial charge in [-0.05, 0) is 13.8 Å². The van der Waals surface area contributed by atoms with Gasteiger partial charge in [0.1, 0.15) is 0 Å². The average molecular weight is 207 g/mol. The van der Waals surface area contributed by atoms with E-state index in [9.17, 15) is 18.0 Å². The molecule has 0 atom stereocenters. The number of hydrogen-bond donors (Lipinski definition) is 1. The number of nitrogen functional groups attached to an aromatic ring is 1. The van der Waals surface area contributed by atoms with Crippen LogP contribution >= 0.6 is 0 Å². The van der Waals surface area contributed by atoms with E-state index >= 15 is 0 Å². The number of alkyl halides is 3. The third-order valence-corrected chi connectivity index (χ3v) is 1.71. The molecule has 0 aliphatic carbocycles. The molecule has 0 aromatic carbocycles. The summed E-state index contributed by atoms with van der Waals surface area (Å²) in [5.41, 5.74) is -1.70. The van der Waals surface area contributed by atoms with Crippen molar-refractivity contribution < 1.29 is 18.0 Å². The number of halogens is 3. The van der Waals surface area contributed by atoms with Crippen LogP contribution in [0.4, 0.5) is 13.2 Å². The van der Waals surface area contributed by atoms with Gasteiger partial charge in [0.25, 0.3) is 0 Å². The normalized spacial score (nSPS) is 11.8. The highest BCUT2D eigenvalue weighted by Crippen LogP contribution is 2.32. The highest BCUT2D eigenvalue weighted by molar-refractivity contribution is 5.96. The molecule has 78 valence electrons. The van der Waals surface area contributed by atoms with Crippen LogP contribution in [0.3, 0.4) is 0 Å². The SMILES string of the molecule is CC(=O)c1c(C)nn(N)c1C(F)(F)F. The van der Waals surface area contributed by atoms with Gasteiger partial charge in [-0.1, -0.05) is 0 Å². The van der Waals surface area contributed by atoms with E-state index in [1.165, 1.54) is 6.92 Å². The number of aryl methyl sites for hydroxylation is 1. The lowest BCUT2D eigenvalue weighted by Gasteiger charge is -2.07. The number of carbonyl (C=O) groups excluding carboxylic acids is 1. The van der Waals surface area contributed by atoms with Crippen molar-refractivity contribution in [2.45, 2.75) is 20.0 Å². The van der Waals surface area contributed by atoms with E-state index in [4.69, 9.17) is 5.84 Å². The molecule has 1 aromatic heterocycles. The largest absolute Gasteiger partial charge is 0.435 e. The monoisotopic (exact) mass is 207 g/mol. The Labute approximate surface area is 77.5 Å². The van der Waals surface area contributed by atoms with E-state index in [1.54, 1.807) is 0 Å². The Kier molecular flexibility index (Phi) is 2.26. The Bertz CT molecular complexity index is 380. The zero-order valence-electron chi connectivity index (χ0n) is 7.51. The van der Waals surface area contributed by atoms with Gasteiger partial charge in [-0.15, -0.1) is 0 Å². The second-order valence-corrected chi connectivity index (χ2v) is 2.81. The van der Waals surface area contributed by atoms with Crippen molar-refractivity contribution in [1.29, 1.82) is 0 Å². The Balaban J connectivity index is 3.48. The molecule has 0 radical (unpaired) electrons. The standard InChI is InChI=1S/C7H8F3N3O/c1-3-5(4(2)14)6(7(8,9)10)13(11)12-3/h11H2,1-2H3. The number of nitrogens with two attached hydrogens (primary N) is 1. The predicted molar refractivity (Wildman–Crippen MR) is 42.1 cm³/mol. The minimum atomic E-state index is -4.67. The summed E-state index contributed by atoms with van der Waals surface area (Å²) in [7, 11) is 0. The van der Waals surface area contributed by atoms with Gasteiger partial charge in [0.15, 0.2) is 11.5 Å².